The monoisotopic (exact) mass is 423 g/mol. The highest BCUT2D eigenvalue weighted by atomic mass is 16.6. The standard InChI is InChI=1S/C20H13N3O8/c24-18(11-2-1-3-15(9-11)23(29)30)22-21-10-16-4-5-17(31-16)12-6-13(19(25)26)8-14(7-12)20(27)28/h1-10H,(H,22,24)(H,25,26)(H,27,28)/b21-10-. The number of benzene rings is 2. The minimum Gasteiger partial charge on any atom is -0.478 e. The molecular weight excluding hydrogens is 410 g/mol. The van der Waals surface area contributed by atoms with Crippen molar-refractivity contribution in [2.75, 3.05) is 0 Å². The minimum atomic E-state index is -1.29. The summed E-state index contributed by atoms with van der Waals surface area (Å²) in [6.45, 7) is 0. The zero-order chi connectivity index (χ0) is 22.5. The number of carbonyl (C=O) groups is 3. The molecule has 0 radical (unpaired) electrons. The Labute approximate surface area is 173 Å². The molecule has 0 saturated heterocycles. The van der Waals surface area contributed by atoms with Crippen molar-refractivity contribution in [2.24, 2.45) is 5.10 Å². The summed E-state index contributed by atoms with van der Waals surface area (Å²) in [5, 5.41) is 32.8. The number of hydrazone groups is 1. The Bertz CT molecular complexity index is 1200. The predicted octanol–water partition coefficient (Wildman–Crippen LogP) is 3.02. The van der Waals surface area contributed by atoms with Gasteiger partial charge in [0.1, 0.15) is 11.5 Å². The quantitative estimate of drug-likeness (QED) is 0.295. The van der Waals surface area contributed by atoms with E-state index in [4.69, 9.17) is 14.6 Å². The third-order valence-electron chi connectivity index (χ3n) is 4.02. The van der Waals surface area contributed by atoms with E-state index in [-0.39, 0.29) is 39.5 Å². The lowest BCUT2D eigenvalue weighted by Gasteiger charge is -2.03. The van der Waals surface area contributed by atoms with E-state index in [1.807, 2.05) is 0 Å². The maximum atomic E-state index is 12.0. The molecule has 0 saturated carbocycles. The van der Waals surface area contributed by atoms with E-state index in [2.05, 4.69) is 10.5 Å². The van der Waals surface area contributed by atoms with Crippen molar-refractivity contribution in [2.45, 2.75) is 0 Å². The molecule has 1 amide bonds. The second-order valence-electron chi connectivity index (χ2n) is 6.12. The van der Waals surface area contributed by atoms with Gasteiger partial charge in [-0.3, -0.25) is 14.9 Å². The van der Waals surface area contributed by atoms with Gasteiger partial charge in [0.15, 0.2) is 0 Å². The number of nitrogens with zero attached hydrogens (tertiary/aromatic N) is 2. The number of hydrogen-bond acceptors (Lipinski definition) is 7. The molecule has 0 aliphatic heterocycles. The number of non-ortho nitro benzene ring substituents is 1. The molecule has 3 N–H and O–H groups in total. The number of nitro benzene ring substituents is 1. The van der Waals surface area contributed by atoms with Crippen molar-refractivity contribution in [1.82, 2.24) is 5.43 Å². The van der Waals surface area contributed by atoms with Crippen LogP contribution in [0.15, 0.2) is 64.1 Å². The average molecular weight is 423 g/mol. The summed E-state index contributed by atoms with van der Waals surface area (Å²) in [5.41, 5.74) is 1.80. The van der Waals surface area contributed by atoms with Gasteiger partial charge in [-0.25, -0.2) is 15.0 Å². The lowest BCUT2D eigenvalue weighted by atomic mass is 10.0. The number of hydrogen-bond donors (Lipinski definition) is 3. The van der Waals surface area contributed by atoms with Gasteiger partial charge >= 0.3 is 11.9 Å². The molecule has 0 aliphatic carbocycles. The van der Waals surface area contributed by atoms with Gasteiger partial charge in [0.05, 0.1) is 22.3 Å². The van der Waals surface area contributed by atoms with Crippen LogP contribution in [0.4, 0.5) is 5.69 Å². The van der Waals surface area contributed by atoms with Gasteiger partial charge in [-0.1, -0.05) is 6.07 Å². The van der Waals surface area contributed by atoms with Gasteiger partial charge in [0.25, 0.3) is 11.6 Å². The lowest BCUT2D eigenvalue weighted by Crippen LogP contribution is -2.17. The molecule has 2 aromatic carbocycles. The molecule has 3 aromatic rings. The summed E-state index contributed by atoms with van der Waals surface area (Å²) < 4.78 is 5.50. The van der Waals surface area contributed by atoms with Gasteiger partial charge in [-0.05, 0) is 36.4 Å². The summed E-state index contributed by atoms with van der Waals surface area (Å²) in [6, 6.07) is 11.6. The van der Waals surface area contributed by atoms with Crippen LogP contribution in [0.1, 0.15) is 36.8 Å². The largest absolute Gasteiger partial charge is 0.478 e. The number of aromatic carboxylic acids is 2. The summed E-state index contributed by atoms with van der Waals surface area (Å²) in [6.07, 6.45) is 1.16. The van der Waals surface area contributed by atoms with Crippen molar-refractivity contribution in [3.8, 4) is 11.3 Å². The summed E-state index contributed by atoms with van der Waals surface area (Å²) in [5.74, 6) is -2.88. The third-order valence-corrected chi connectivity index (χ3v) is 4.02. The molecule has 11 heteroatoms. The van der Waals surface area contributed by atoms with E-state index < -0.39 is 22.8 Å². The van der Waals surface area contributed by atoms with Gasteiger partial charge in [-0.2, -0.15) is 5.10 Å². The SMILES string of the molecule is O=C(O)c1cc(C(=O)O)cc(-c2ccc(/C=N\NC(=O)c3cccc([N+](=O)[O-])c3)o2)c1. The van der Waals surface area contributed by atoms with E-state index in [0.29, 0.717) is 0 Å². The number of rotatable bonds is 7. The number of nitrogens with one attached hydrogen (secondary N) is 1. The highest BCUT2D eigenvalue weighted by Crippen LogP contribution is 2.25. The summed E-state index contributed by atoms with van der Waals surface area (Å²) in [4.78, 5) is 44.6. The summed E-state index contributed by atoms with van der Waals surface area (Å²) in [7, 11) is 0. The van der Waals surface area contributed by atoms with Gasteiger partial charge < -0.3 is 14.6 Å². The van der Waals surface area contributed by atoms with E-state index >= 15 is 0 Å². The zero-order valence-corrected chi connectivity index (χ0v) is 15.5. The molecule has 0 fully saturated rings. The molecule has 156 valence electrons. The van der Waals surface area contributed by atoms with Crippen LogP contribution < -0.4 is 5.43 Å². The Morgan fingerprint density at radius 3 is 2.26 bits per heavy atom. The number of carboxylic acids is 2. The molecule has 1 heterocycles. The third kappa shape index (κ3) is 4.98. The van der Waals surface area contributed by atoms with Crippen LogP contribution in [-0.4, -0.2) is 39.2 Å². The first-order valence-electron chi connectivity index (χ1n) is 8.54. The van der Waals surface area contributed by atoms with Crippen molar-refractivity contribution in [3.63, 3.8) is 0 Å². The normalized spacial score (nSPS) is 10.7. The van der Waals surface area contributed by atoms with E-state index in [9.17, 15) is 24.5 Å². The fraction of sp³-hybridized carbons (Fsp3) is 0. The molecular formula is C20H13N3O8. The number of furan rings is 1. The Kier molecular flexibility index (Phi) is 5.87. The molecule has 11 nitrogen and oxygen atoms in total. The molecule has 0 unspecified atom stereocenters. The highest BCUT2D eigenvalue weighted by Gasteiger charge is 2.14. The van der Waals surface area contributed by atoms with Crippen LogP contribution in [0.2, 0.25) is 0 Å². The van der Waals surface area contributed by atoms with Gasteiger partial charge in [0, 0.05) is 23.3 Å². The van der Waals surface area contributed by atoms with Gasteiger partial charge in [-0.15, -0.1) is 0 Å². The fourth-order valence-electron chi connectivity index (χ4n) is 2.57. The second-order valence-corrected chi connectivity index (χ2v) is 6.12. The fourth-order valence-corrected chi connectivity index (χ4v) is 2.57. The molecule has 0 bridgehead atoms. The molecule has 0 atom stereocenters. The second kappa shape index (κ2) is 8.69. The smallest absolute Gasteiger partial charge is 0.335 e. The minimum absolute atomic E-state index is 0.0400. The van der Waals surface area contributed by atoms with E-state index in [1.54, 1.807) is 0 Å². The van der Waals surface area contributed by atoms with Crippen molar-refractivity contribution in [3.05, 3.63) is 87.2 Å². The van der Waals surface area contributed by atoms with Crippen LogP contribution in [0.3, 0.4) is 0 Å². The first-order chi connectivity index (χ1) is 14.7. The van der Waals surface area contributed by atoms with E-state index in [1.165, 1.54) is 42.5 Å². The predicted molar refractivity (Wildman–Crippen MR) is 106 cm³/mol. The van der Waals surface area contributed by atoms with Crippen LogP contribution in [-0.2, 0) is 0 Å². The van der Waals surface area contributed by atoms with Crippen molar-refractivity contribution < 1.29 is 33.9 Å². The first kappa shape index (κ1) is 20.9. The zero-order valence-electron chi connectivity index (χ0n) is 15.5. The maximum Gasteiger partial charge on any atom is 0.335 e. The van der Waals surface area contributed by atoms with Crippen molar-refractivity contribution in [1.29, 1.82) is 0 Å². The Balaban J connectivity index is 1.76. The summed E-state index contributed by atoms with van der Waals surface area (Å²) >= 11 is 0. The molecule has 0 aliphatic rings. The van der Waals surface area contributed by atoms with Gasteiger partial charge in [0.2, 0.25) is 0 Å². The Hall–Kier alpha value is -4.80. The number of nitro groups is 1. The van der Waals surface area contributed by atoms with Crippen LogP contribution in [0.5, 0.6) is 0 Å². The number of amides is 1. The number of carbonyl (C=O) groups excluding carboxylic acids is 1. The molecule has 31 heavy (non-hydrogen) atoms. The number of carboxylic acid groups (broad SMARTS) is 2. The maximum absolute atomic E-state index is 12.0. The average Bonchev–Trinajstić information content (AvgIpc) is 3.22. The molecule has 0 spiro atoms. The van der Waals surface area contributed by atoms with Crippen LogP contribution >= 0.6 is 0 Å². The lowest BCUT2D eigenvalue weighted by molar-refractivity contribution is -0.384. The van der Waals surface area contributed by atoms with E-state index in [0.717, 1.165) is 18.3 Å². The van der Waals surface area contributed by atoms with Crippen LogP contribution in [0.25, 0.3) is 11.3 Å². The highest BCUT2D eigenvalue weighted by molar-refractivity contribution is 5.96. The first-order valence-corrected chi connectivity index (χ1v) is 8.54. The topological polar surface area (TPSA) is 172 Å². The Morgan fingerprint density at radius 1 is 0.968 bits per heavy atom. The molecule has 3 rings (SSSR count). The Morgan fingerprint density at radius 2 is 1.65 bits per heavy atom. The van der Waals surface area contributed by atoms with Crippen LogP contribution in [0, 0.1) is 10.1 Å². The molecule has 1 aromatic heterocycles. The van der Waals surface area contributed by atoms with Crippen molar-refractivity contribution >= 4 is 29.7 Å².